The Morgan fingerprint density at radius 2 is 2.16 bits per heavy atom. The molecule has 4 nitrogen and oxygen atoms in total. The van der Waals surface area contributed by atoms with Crippen molar-refractivity contribution < 1.29 is 4.39 Å². The summed E-state index contributed by atoms with van der Waals surface area (Å²) in [5.41, 5.74) is 6.35. The number of nitrogen functional groups attached to an aromatic ring is 1. The number of aryl methyl sites for hydroxylation is 1. The lowest BCUT2D eigenvalue weighted by molar-refractivity contribution is 0.627. The predicted octanol–water partition coefficient (Wildman–Crippen LogP) is 2.62. The molecule has 6 heteroatoms. The molecule has 0 amide bonds. The summed E-state index contributed by atoms with van der Waals surface area (Å²) in [5, 5.41) is 0. The molecule has 2 heterocycles. The van der Waals surface area contributed by atoms with Gasteiger partial charge in [0.05, 0.1) is 5.69 Å². The Bertz CT molecular complexity index is 645. The van der Waals surface area contributed by atoms with Gasteiger partial charge >= 0.3 is 0 Å². The number of nitrogens with zero attached hydrogens (tertiary/aromatic N) is 2. The largest absolute Gasteiger partial charge is 0.308 e. The lowest BCUT2D eigenvalue weighted by atomic mass is 10.1. The van der Waals surface area contributed by atoms with Gasteiger partial charge in [-0.05, 0) is 30.7 Å². The fourth-order valence-corrected chi connectivity index (χ4v) is 3.21. The van der Waals surface area contributed by atoms with Crippen LogP contribution in [0.15, 0.2) is 18.2 Å². The van der Waals surface area contributed by atoms with Crippen molar-refractivity contribution in [3.8, 4) is 11.4 Å². The first-order valence-corrected chi connectivity index (χ1v) is 7.05. The van der Waals surface area contributed by atoms with Crippen LogP contribution >= 0.6 is 11.8 Å². The minimum Gasteiger partial charge on any atom is -0.308 e. The molecule has 1 aromatic heterocycles. The minimum absolute atomic E-state index is 0.255. The highest BCUT2D eigenvalue weighted by atomic mass is 32.2. The number of hydrazine groups is 1. The standard InChI is InChI=1S/C13H13FN4S/c1-7-4-8(14)2-3-9(7)12-16-11-6-19-5-10(11)13(17-12)18-15/h2-4H,5-6,15H2,1H3,(H,16,17,18). The second kappa shape index (κ2) is 4.79. The van der Waals surface area contributed by atoms with E-state index >= 15 is 0 Å². The van der Waals surface area contributed by atoms with Gasteiger partial charge in [-0.1, -0.05) is 0 Å². The van der Waals surface area contributed by atoms with E-state index in [0.29, 0.717) is 11.6 Å². The van der Waals surface area contributed by atoms with Gasteiger partial charge in [0.25, 0.3) is 0 Å². The van der Waals surface area contributed by atoms with Crippen molar-refractivity contribution >= 4 is 17.6 Å². The summed E-state index contributed by atoms with van der Waals surface area (Å²) >= 11 is 1.78. The molecule has 0 spiro atoms. The number of thioether (sulfide) groups is 1. The Kier molecular flexibility index (Phi) is 3.12. The van der Waals surface area contributed by atoms with Crippen LogP contribution in [-0.2, 0) is 11.5 Å². The number of hydrogen-bond acceptors (Lipinski definition) is 5. The Morgan fingerprint density at radius 1 is 1.32 bits per heavy atom. The second-order valence-corrected chi connectivity index (χ2v) is 5.40. The van der Waals surface area contributed by atoms with Crippen LogP contribution in [0.5, 0.6) is 0 Å². The van der Waals surface area contributed by atoms with Crippen LogP contribution in [0, 0.1) is 12.7 Å². The van der Waals surface area contributed by atoms with Crippen molar-refractivity contribution in [3.63, 3.8) is 0 Å². The Hall–Kier alpha value is -1.66. The van der Waals surface area contributed by atoms with Crippen LogP contribution in [0.3, 0.4) is 0 Å². The number of halogens is 1. The van der Waals surface area contributed by atoms with Gasteiger partial charge in [-0.2, -0.15) is 11.8 Å². The Balaban J connectivity index is 2.15. The normalized spacial score (nSPS) is 13.4. The van der Waals surface area contributed by atoms with Crippen molar-refractivity contribution in [3.05, 3.63) is 40.8 Å². The molecular weight excluding hydrogens is 263 g/mol. The van der Waals surface area contributed by atoms with Crippen molar-refractivity contribution in [1.82, 2.24) is 9.97 Å². The van der Waals surface area contributed by atoms with Crippen LogP contribution in [0.25, 0.3) is 11.4 Å². The van der Waals surface area contributed by atoms with Gasteiger partial charge in [-0.25, -0.2) is 20.2 Å². The van der Waals surface area contributed by atoms with E-state index in [9.17, 15) is 4.39 Å². The fourth-order valence-electron chi connectivity index (χ4n) is 2.17. The summed E-state index contributed by atoms with van der Waals surface area (Å²) in [6.07, 6.45) is 0. The minimum atomic E-state index is -0.255. The Morgan fingerprint density at radius 3 is 2.89 bits per heavy atom. The molecule has 0 fully saturated rings. The molecule has 19 heavy (non-hydrogen) atoms. The van der Waals surface area contributed by atoms with Gasteiger partial charge in [-0.3, -0.25) is 0 Å². The third-order valence-corrected chi connectivity index (χ3v) is 4.11. The first kappa shape index (κ1) is 12.4. The summed E-state index contributed by atoms with van der Waals surface area (Å²) in [4.78, 5) is 9.01. The zero-order chi connectivity index (χ0) is 13.4. The van der Waals surface area contributed by atoms with Crippen molar-refractivity contribution in [2.45, 2.75) is 18.4 Å². The lowest BCUT2D eigenvalue weighted by Crippen LogP contribution is -2.13. The average Bonchev–Trinajstić information content (AvgIpc) is 2.85. The van der Waals surface area contributed by atoms with Crippen LogP contribution in [0.2, 0.25) is 0 Å². The lowest BCUT2D eigenvalue weighted by Gasteiger charge is -2.10. The molecule has 1 aromatic carbocycles. The predicted molar refractivity (Wildman–Crippen MR) is 75.0 cm³/mol. The van der Waals surface area contributed by atoms with E-state index in [-0.39, 0.29) is 5.82 Å². The van der Waals surface area contributed by atoms with Crippen LogP contribution < -0.4 is 11.3 Å². The first-order chi connectivity index (χ1) is 9.19. The number of hydrogen-bond donors (Lipinski definition) is 2. The molecular formula is C13H13FN4S. The highest BCUT2D eigenvalue weighted by molar-refractivity contribution is 7.98. The molecule has 1 aliphatic heterocycles. The molecule has 0 saturated carbocycles. The summed E-state index contributed by atoms with van der Waals surface area (Å²) in [6, 6.07) is 4.61. The van der Waals surface area contributed by atoms with Gasteiger partial charge in [0.2, 0.25) is 0 Å². The maximum absolute atomic E-state index is 13.2. The van der Waals surface area contributed by atoms with Crippen molar-refractivity contribution in [2.75, 3.05) is 5.43 Å². The zero-order valence-electron chi connectivity index (χ0n) is 10.4. The number of nitrogens with two attached hydrogens (primary N) is 1. The van der Waals surface area contributed by atoms with Crippen LogP contribution in [-0.4, -0.2) is 9.97 Å². The first-order valence-electron chi connectivity index (χ1n) is 5.89. The smallest absolute Gasteiger partial charge is 0.162 e. The van der Waals surface area contributed by atoms with E-state index < -0.39 is 0 Å². The number of rotatable bonds is 2. The number of nitrogens with one attached hydrogen (secondary N) is 1. The van der Waals surface area contributed by atoms with Gasteiger partial charge in [0.1, 0.15) is 11.6 Å². The van der Waals surface area contributed by atoms with E-state index in [1.807, 2.05) is 6.92 Å². The van der Waals surface area contributed by atoms with E-state index in [1.54, 1.807) is 17.8 Å². The van der Waals surface area contributed by atoms with Crippen molar-refractivity contribution in [2.24, 2.45) is 5.84 Å². The average molecular weight is 276 g/mol. The SMILES string of the molecule is Cc1cc(F)ccc1-c1nc2c(c(NN)n1)CSC2. The highest BCUT2D eigenvalue weighted by Crippen LogP contribution is 2.34. The molecule has 2 aromatic rings. The third-order valence-electron chi connectivity index (χ3n) is 3.14. The molecule has 0 unspecified atom stereocenters. The Labute approximate surface area is 114 Å². The molecule has 0 saturated heterocycles. The maximum Gasteiger partial charge on any atom is 0.162 e. The monoisotopic (exact) mass is 276 g/mol. The summed E-state index contributed by atoms with van der Waals surface area (Å²) < 4.78 is 13.2. The van der Waals surface area contributed by atoms with E-state index in [0.717, 1.165) is 33.9 Å². The summed E-state index contributed by atoms with van der Waals surface area (Å²) in [7, 11) is 0. The zero-order valence-corrected chi connectivity index (χ0v) is 11.2. The number of benzene rings is 1. The molecule has 0 bridgehead atoms. The van der Waals surface area contributed by atoms with E-state index in [2.05, 4.69) is 15.4 Å². The molecule has 98 valence electrons. The molecule has 3 N–H and O–H groups in total. The van der Waals surface area contributed by atoms with E-state index in [1.165, 1.54) is 12.1 Å². The second-order valence-electron chi connectivity index (χ2n) is 4.42. The molecule has 0 atom stereocenters. The third kappa shape index (κ3) is 2.17. The van der Waals surface area contributed by atoms with E-state index in [4.69, 9.17) is 5.84 Å². The summed E-state index contributed by atoms with van der Waals surface area (Å²) in [5.74, 6) is 8.25. The fraction of sp³-hybridized carbons (Fsp3) is 0.231. The molecule has 3 rings (SSSR count). The maximum atomic E-state index is 13.2. The number of aromatic nitrogens is 2. The quantitative estimate of drug-likeness (QED) is 0.652. The summed E-state index contributed by atoms with van der Waals surface area (Å²) in [6.45, 7) is 1.85. The van der Waals surface area contributed by atoms with Crippen LogP contribution in [0.4, 0.5) is 10.2 Å². The number of anilines is 1. The molecule has 1 aliphatic rings. The van der Waals surface area contributed by atoms with Gasteiger partial charge in [0, 0.05) is 22.6 Å². The van der Waals surface area contributed by atoms with Gasteiger partial charge < -0.3 is 5.43 Å². The molecule has 0 radical (unpaired) electrons. The van der Waals surface area contributed by atoms with Crippen molar-refractivity contribution in [1.29, 1.82) is 0 Å². The van der Waals surface area contributed by atoms with Gasteiger partial charge in [0.15, 0.2) is 5.82 Å². The van der Waals surface area contributed by atoms with Crippen LogP contribution in [0.1, 0.15) is 16.8 Å². The van der Waals surface area contributed by atoms with Gasteiger partial charge in [-0.15, -0.1) is 0 Å². The molecule has 0 aliphatic carbocycles. The highest BCUT2D eigenvalue weighted by Gasteiger charge is 2.20. The topological polar surface area (TPSA) is 63.8 Å². The number of fused-ring (bicyclic) bond motifs is 1.